The molecule has 0 amide bonds. The van der Waals surface area contributed by atoms with Crippen molar-refractivity contribution >= 4 is 21.8 Å². The standard InChI is InChI=1S/C12H6F3NO/c13-5-1-2-8-6(3-5)10-11(15)7(14)4-9(17)12(10)16-8/h1-4,16-17H. The second-order valence-corrected chi connectivity index (χ2v) is 3.76. The molecule has 86 valence electrons. The molecule has 0 radical (unpaired) electrons. The molecule has 0 atom stereocenters. The maximum atomic E-state index is 13.6. The lowest BCUT2D eigenvalue weighted by Crippen LogP contribution is -1.85. The molecule has 0 fully saturated rings. The topological polar surface area (TPSA) is 36.0 Å². The van der Waals surface area contributed by atoms with Gasteiger partial charge in [0, 0.05) is 17.0 Å². The number of aromatic nitrogens is 1. The summed E-state index contributed by atoms with van der Waals surface area (Å²) in [6, 6.07) is 4.38. The number of rotatable bonds is 0. The third-order valence-electron chi connectivity index (χ3n) is 2.71. The highest BCUT2D eigenvalue weighted by molar-refractivity contribution is 6.09. The summed E-state index contributed by atoms with van der Waals surface area (Å²) in [5, 5.41) is 9.57. The van der Waals surface area contributed by atoms with Gasteiger partial charge in [0.15, 0.2) is 11.6 Å². The molecule has 3 rings (SSSR count). The van der Waals surface area contributed by atoms with Crippen molar-refractivity contribution in [2.45, 2.75) is 0 Å². The normalized spacial score (nSPS) is 11.5. The van der Waals surface area contributed by atoms with Crippen molar-refractivity contribution in [1.82, 2.24) is 4.98 Å². The number of hydrogen-bond acceptors (Lipinski definition) is 1. The van der Waals surface area contributed by atoms with Crippen LogP contribution in [0.15, 0.2) is 24.3 Å². The smallest absolute Gasteiger partial charge is 0.169 e. The van der Waals surface area contributed by atoms with Crippen LogP contribution in [0.4, 0.5) is 13.2 Å². The fourth-order valence-electron chi connectivity index (χ4n) is 1.96. The molecule has 17 heavy (non-hydrogen) atoms. The number of aromatic hydroxyl groups is 1. The van der Waals surface area contributed by atoms with Gasteiger partial charge in [-0.3, -0.25) is 0 Å². The van der Waals surface area contributed by atoms with Gasteiger partial charge < -0.3 is 10.1 Å². The maximum Gasteiger partial charge on any atom is 0.169 e. The summed E-state index contributed by atoms with van der Waals surface area (Å²) >= 11 is 0. The molecular formula is C12H6F3NO. The largest absolute Gasteiger partial charge is 0.506 e. The summed E-state index contributed by atoms with van der Waals surface area (Å²) in [5.74, 6) is -3.23. The molecule has 0 bridgehead atoms. The number of H-pyrrole nitrogens is 1. The first-order valence-corrected chi connectivity index (χ1v) is 4.86. The van der Waals surface area contributed by atoms with E-state index in [1.54, 1.807) is 0 Å². The third-order valence-corrected chi connectivity index (χ3v) is 2.71. The van der Waals surface area contributed by atoms with Crippen LogP contribution in [-0.4, -0.2) is 10.1 Å². The first-order chi connectivity index (χ1) is 8.08. The SMILES string of the molecule is Oc1cc(F)c(F)c2c1[nH]c1ccc(F)cc12. The number of halogens is 3. The molecule has 0 saturated heterocycles. The highest BCUT2D eigenvalue weighted by Gasteiger charge is 2.17. The van der Waals surface area contributed by atoms with Gasteiger partial charge in [0.05, 0.1) is 10.9 Å². The summed E-state index contributed by atoms with van der Waals surface area (Å²) in [6.45, 7) is 0. The van der Waals surface area contributed by atoms with Gasteiger partial charge in [-0.25, -0.2) is 13.2 Å². The molecule has 2 N–H and O–H groups in total. The molecule has 0 saturated carbocycles. The Morgan fingerprint density at radius 2 is 1.82 bits per heavy atom. The van der Waals surface area contributed by atoms with Gasteiger partial charge in [0.1, 0.15) is 11.6 Å². The van der Waals surface area contributed by atoms with E-state index in [0.29, 0.717) is 11.6 Å². The number of nitrogens with one attached hydrogen (secondary N) is 1. The van der Waals surface area contributed by atoms with E-state index in [0.717, 1.165) is 6.07 Å². The van der Waals surface area contributed by atoms with E-state index in [1.807, 2.05) is 0 Å². The van der Waals surface area contributed by atoms with Crippen LogP contribution in [-0.2, 0) is 0 Å². The molecular weight excluding hydrogens is 231 g/mol. The minimum atomic E-state index is -1.17. The number of phenols is 1. The lowest BCUT2D eigenvalue weighted by atomic mass is 10.1. The number of hydrogen-bond donors (Lipinski definition) is 2. The average molecular weight is 237 g/mol. The van der Waals surface area contributed by atoms with E-state index >= 15 is 0 Å². The Balaban J connectivity index is 2.63. The van der Waals surface area contributed by atoms with E-state index in [2.05, 4.69) is 4.98 Å². The summed E-state index contributed by atoms with van der Waals surface area (Å²) < 4.78 is 39.9. The van der Waals surface area contributed by atoms with Crippen molar-refractivity contribution in [3.8, 4) is 5.75 Å². The summed E-state index contributed by atoms with van der Waals surface area (Å²) in [5.41, 5.74) is 0.491. The fraction of sp³-hybridized carbons (Fsp3) is 0. The average Bonchev–Trinajstić information content (AvgIpc) is 2.65. The highest BCUT2D eigenvalue weighted by Crippen LogP contribution is 2.34. The van der Waals surface area contributed by atoms with Crippen molar-refractivity contribution in [2.75, 3.05) is 0 Å². The first kappa shape index (κ1) is 10.0. The molecule has 1 aromatic heterocycles. The first-order valence-electron chi connectivity index (χ1n) is 4.86. The molecule has 1 heterocycles. The van der Waals surface area contributed by atoms with Crippen molar-refractivity contribution in [1.29, 1.82) is 0 Å². The number of benzene rings is 2. The van der Waals surface area contributed by atoms with Crippen LogP contribution < -0.4 is 0 Å². The minimum absolute atomic E-state index is 0.0597. The van der Waals surface area contributed by atoms with Crippen molar-refractivity contribution in [3.05, 3.63) is 41.7 Å². The highest BCUT2D eigenvalue weighted by atomic mass is 19.2. The molecule has 3 aromatic rings. The monoisotopic (exact) mass is 237 g/mol. The van der Waals surface area contributed by atoms with Crippen molar-refractivity contribution in [2.24, 2.45) is 0 Å². The molecule has 5 heteroatoms. The third kappa shape index (κ3) is 1.28. The zero-order valence-corrected chi connectivity index (χ0v) is 8.39. The maximum absolute atomic E-state index is 13.6. The van der Waals surface area contributed by atoms with Crippen LogP contribution in [0.1, 0.15) is 0 Å². The zero-order valence-electron chi connectivity index (χ0n) is 8.39. The predicted octanol–water partition coefficient (Wildman–Crippen LogP) is 3.44. The second kappa shape index (κ2) is 3.16. The molecule has 2 aromatic carbocycles. The van der Waals surface area contributed by atoms with E-state index in [9.17, 15) is 18.3 Å². The second-order valence-electron chi connectivity index (χ2n) is 3.76. The molecule has 2 nitrogen and oxygen atoms in total. The molecule has 0 unspecified atom stereocenters. The summed E-state index contributed by atoms with van der Waals surface area (Å²) in [4.78, 5) is 2.72. The predicted molar refractivity (Wildman–Crippen MR) is 57.3 cm³/mol. The van der Waals surface area contributed by atoms with Gasteiger partial charge in [0.25, 0.3) is 0 Å². The minimum Gasteiger partial charge on any atom is -0.506 e. The Labute approximate surface area is 93.3 Å². The van der Waals surface area contributed by atoms with Gasteiger partial charge in [-0.15, -0.1) is 0 Å². The molecule has 0 spiro atoms. The van der Waals surface area contributed by atoms with E-state index in [-0.39, 0.29) is 16.3 Å². The van der Waals surface area contributed by atoms with Gasteiger partial charge in [-0.2, -0.15) is 0 Å². The Morgan fingerprint density at radius 3 is 2.59 bits per heavy atom. The van der Waals surface area contributed by atoms with Crippen LogP contribution in [0, 0.1) is 17.5 Å². The molecule has 0 aliphatic carbocycles. The Hall–Kier alpha value is -2.17. The lowest BCUT2D eigenvalue weighted by Gasteiger charge is -1.98. The van der Waals surface area contributed by atoms with Crippen molar-refractivity contribution in [3.63, 3.8) is 0 Å². The van der Waals surface area contributed by atoms with Gasteiger partial charge in [-0.05, 0) is 18.2 Å². The van der Waals surface area contributed by atoms with Gasteiger partial charge >= 0.3 is 0 Å². The Bertz CT molecular complexity index is 748. The van der Waals surface area contributed by atoms with Crippen LogP contribution in [0.2, 0.25) is 0 Å². The summed E-state index contributed by atoms with van der Waals surface area (Å²) in [6.07, 6.45) is 0. The van der Waals surface area contributed by atoms with Crippen LogP contribution in [0.3, 0.4) is 0 Å². The Kier molecular flexibility index (Phi) is 1.86. The fourth-order valence-corrected chi connectivity index (χ4v) is 1.96. The van der Waals surface area contributed by atoms with Gasteiger partial charge in [-0.1, -0.05) is 0 Å². The summed E-state index contributed by atoms with van der Waals surface area (Å²) in [7, 11) is 0. The van der Waals surface area contributed by atoms with Crippen LogP contribution in [0.25, 0.3) is 21.8 Å². The van der Waals surface area contributed by atoms with Gasteiger partial charge in [0.2, 0.25) is 0 Å². The Morgan fingerprint density at radius 1 is 1.06 bits per heavy atom. The number of aromatic amines is 1. The van der Waals surface area contributed by atoms with Crippen LogP contribution in [0.5, 0.6) is 5.75 Å². The lowest BCUT2D eigenvalue weighted by molar-refractivity contribution is 0.463. The quantitative estimate of drug-likeness (QED) is 0.617. The van der Waals surface area contributed by atoms with E-state index in [1.165, 1.54) is 12.1 Å². The number of phenolic OH excluding ortho intramolecular Hbond substituents is 1. The van der Waals surface area contributed by atoms with Crippen LogP contribution >= 0.6 is 0 Å². The zero-order chi connectivity index (χ0) is 12.2. The van der Waals surface area contributed by atoms with E-state index < -0.39 is 23.2 Å². The molecule has 0 aliphatic rings. The number of fused-ring (bicyclic) bond motifs is 3. The van der Waals surface area contributed by atoms with E-state index in [4.69, 9.17) is 0 Å². The van der Waals surface area contributed by atoms with Crippen molar-refractivity contribution < 1.29 is 18.3 Å². The molecule has 0 aliphatic heterocycles.